The van der Waals surface area contributed by atoms with Crippen LogP contribution in [0.15, 0.2) is 6.20 Å². The van der Waals surface area contributed by atoms with Gasteiger partial charge in [-0.2, -0.15) is 5.10 Å². The minimum Gasteiger partial charge on any atom is -0.367 e. The fourth-order valence-electron chi connectivity index (χ4n) is 5.44. The zero-order valence-corrected chi connectivity index (χ0v) is 14.4. The predicted octanol–water partition coefficient (Wildman–Crippen LogP) is 2.79. The third kappa shape index (κ3) is 2.64. The highest BCUT2D eigenvalue weighted by Gasteiger charge is 2.48. The molecule has 0 unspecified atom stereocenters. The van der Waals surface area contributed by atoms with Gasteiger partial charge in [0.1, 0.15) is 11.4 Å². The molecular weight excluding hydrogens is 288 g/mol. The van der Waals surface area contributed by atoms with E-state index in [1.54, 1.807) is 10.9 Å². The number of anilines is 1. The molecule has 0 spiro atoms. The van der Waals surface area contributed by atoms with Crippen LogP contribution >= 0.6 is 0 Å². The summed E-state index contributed by atoms with van der Waals surface area (Å²) < 4.78 is 1.76. The summed E-state index contributed by atoms with van der Waals surface area (Å²) in [7, 11) is 1.88. The van der Waals surface area contributed by atoms with Gasteiger partial charge in [-0.15, -0.1) is 0 Å². The Morgan fingerprint density at radius 1 is 1.17 bits per heavy atom. The van der Waals surface area contributed by atoms with Gasteiger partial charge in [-0.25, -0.2) is 0 Å². The second-order valence-corrected chi connectivity index (χ2v) is 8.26. The maximum atomic E-state index is 12.8. The Balaban J connectivity index is 1.50. The molecule has 0 saturated heterocycles. The quantitative estimate of drug-likeness (QED) is 0.898. The normalized spacial score (nSPS) is 34.9. The number of aromatic nitrogens is 2. The summed E-state index contributed by atoms with van der Waals surface area (Å²) in [6.45, 7) is 4.15. The van der Waals surface area contributed by atoms with Crippen LogP contribution in [0.25, 0.3) is 0 Å². The number of carbonyl (C=O) groups excluding carboxylic acids is 1. The Morgan fingerprint density at radius 3 is 2.35 bits per heavy atom. The van der Waals surface area contributed by atoms with E-state index in [1.165, 1.54) is 32.1 Å². The second-order valence-electron chi connectivity index (χ2n) is 8.26. The summed E-state index contributed by atoms with van der Waals surface area (Å²) in [5.41, 5.74) is 0.676. The molecule has 0 radical (unpaired) electrons. The zero-order chi connectivity index (χ0) is 16.1. The van der Waals surface area contributed by atoms with Gasteiger partial charge >= 0.3 is 0 Å². The molecule has 23 heavy (non-hydrogen) atoms. The summed E-state index contributed by atoms with van der Waals surface area (Å²) in [6, 6.07) is 0.653. The van der Waals surface area contributed by atoms with Crippen molar-refractivity contribution in [2.45, 2.75) is 58.0 Å². The largest absolute Gasteiger partial charge is 0.367 e. The van der Waals surface area contributed by atoms with E-state index in [0.29, 0.717) is 23.4 Å². The molecule has 5 rings (SSSR count). The molecule has 5 nitrogen and oxygen atoms in total. The van der Waals surface area contributed by atoms with Crippen LogP contribution in [0.4, 0.5) is 5.82 Å². The molecule has 1 aromatic rings. The summed E-state index contributed by atoms with van der Waals surface area (Å²) in [5, 5.41) is 11.0. The third-order valence-electron chi connectivity index (χ3n) is 6.13. The number of amides is 1. The van der Waals surface area contributed by atoms with Gasteiger partial charge in [0.05, 0.1) is 6.20 Å². The lowest BCUT2D eigenvalue weighted by molar-refractivity contribution is -0.0119. The third-order valence-corrected chi connectivity index (χ3v) is 6.13. The molecule has 0 aromatic carbocycles. The van der Waals surface area contributed by atoms with E-state index >= 15 is 0 Å². The molecule has 4 aliphatic carbocycles. The lowest BCUT2D eigenvalue weighted by atomic mass is 9.54. The Hall–Kier alpha value is -1.52. The fraction of sp³-hybridized carbons (Fsp3) is 0.778. The number of carbonyl (C=O) groups is 1. The van der Waals surface area contributed by atoms with Crippen LogP contribution in [-0.4, -0.2) is 27.8 Å². The molecule has 0 atom stereocenters. The van der Waals surface area contributed by atoms with Gasteiger partial charge in [0.25, 0.3) is 5.91 Å². The van der Waals surface area contributed by atoms with E-state index < -0.39 is 0 Å². The van der Waals surface area contributed by atoms with Crippen molar-refractivity contribution in [1.29, 1.82) is 0 Å². The van der Waals surface area contributed by atoms with Gasteiger partial charge in [0.15, 0.2) is 0 Å². The van der Waals surface area contributed by atoms with Crippen molar-refractivity contribution in [1.82, 2.24) is 15.1 Å². The minimum absolute atomic E-state index is 0.0405. The second kappa shape index (κ2) is 5.53. The van der Waals surface area contributed by atoms with Crippen molar-refractivity contribution in [3.8, 4) is 0 Å². The van der Waals surface area contributed by atoms with E-state index in [2.05, 4.69) is 29.6 Å². The average molecular weight is 316 g/mol. The van der Waals surface area contributed by atoms with Crippen LogP contribution in [0, 0.1) is 23.7 Å². The van der Waals surface area contributed by atoms with Crippen molar-refractivity contribution in [2.24, 2.45) is 30.7 Å². The number of nitrogens with zero attached hydrogens (tertiary/aromatic N) is 2. The van der Waals surface area contributed by atoms with Crippen molar-refractivity contribution >= 4 is 11.7 Å². The number of hydrogen-bond acceptors (Lipinski definition) is 3. The molecule has 4 bridgehead atoms. The van der Waals surface area contributed by atoms with E-state index in [1.807, 2.05) is 7.05 Å². The Morgan fingerprint density at radius 2 is 1.78 bits per heavy atom. The lowest BCUT2D eigenvalue weighted by Crippen LogP contribution is -2.55. The van der Waals surface area contributed by atoms with E-state index in [0.717, 1.165) is 17.7 Å². The first-order valence-electron chi connectivity index (χ1n) is 9.10. The molecule has 4 fully saturated rings. The first-order chi connectivity index (χ1) is 11.0. The van der Waals surface area contributed by atoms with Crippen molar-refractivity contribution < 1.29 is 4.79 Å². The Kier molecular flexibility index (Phi) is 3.62. The number of nitrogens with one attached hydrogen (secondary N) is 2. The van der Waals surface area contributed by atoms with Crippen LogP contribution in [0.2, 0.25) is 0 Å². The first-order valence-corrected chi connectivity index (χ1v) is 9.10. The summed E-state index contributed by atoms with van der Waals surface area (Å²) in [6.07, 6.45) is 8.42. The first kappa shape index (κ1) is 15.0. The minimum atomic E-state index is 0.0405. The molecular formula is C18H28N4O. The summed E-state index contributed by atoms with van der Waals surface area (Å²) >= 11 is 0. The van der Waals surface area contributed by atoms with Crippen molar-refractivity contribution in [3.05, 3.63) is 11.8 Å². The highest BCUT2D eigenvalue weighted by Crippen LogP contribution is 2.53. The number of hydrogen-bond donors (Lipinski definition) is 2. The van der Waals surface area contributed by atoms with Gasteiger partial charge < -0.3 is 10.6 Å². The SMILES string of the molecule is CC(C)Nc1c(C(=O)NC2C3CC4CC(C3)CC2C4)cnn1C. The van der Waals surface area contributed by atoms with E-state index in [-0.39, 0.29) is 11.9 Å². The Bertz CT molecular complexity index is 578. The molecule has 4 saturated carbocycles. The van der Waals surface area contributed by atoms with Crippen molar-refractivity contribution in [3.63, 3.8) is 0 Å². The zero-order valence-electron chi connectivity index (χ0n) is 14.4. The maximum absolute atomic E-state index is 12.8. The average Bonchev–Trinajstić information content (AvgIpc) is 2.83. The molecule has 0 aliphatic heterocycles. The smallest absolute Gasteiger partial charge is 0.256 e. The van der Waals surface area contributed by atoms with Gasteiger partial charge in [-0.1, -0.05) is 0 Å². The molecule has 1 amide bonds. The molecule has 2 N–H and O–H groups in total. The van der Waals surface area contributed by atoms with Gasteiger partial charge in [-0.05, 0) is 69.6 Å². The molecule has 1 aromatic heterocycles. The standard InChI is InChI=1S/C18H28N4O/c1-10(2)20-17-15(9-19-22(17)3)18(23)21-16-13-5-11-4-12(7-13)8-14(16)6-11/h9-14,16,20H,4-8H2,1-3H3,(H,21,23). The van der Waals surface area contributed by atoms with Crippen LogP contribution in [0.1, 0.15) is 56.3 Å². The number of aryl methyl sites for hydroxylation is 1. The topological polar surface area (TPSA) is 59.0 Å². The number of rotatable bonds is 4. The summed E-state index contributed by atoms with van der Waals surface area (Å²) in [5.74, 6) is 4.13. The molecule has 1 heterocycles. The predicted molar refractivity (Wildman–Crippen MR) is 90.3 cm³/mol. The highest BCUT2D eigenvalue weighted by atomic mass is 16.1. The van der Waals surface area contributed by atoms with Gasteiger partial charge in [0.2, 0.25) is 0 Å². The fourth-order valence-corrected chi connectivity index (χ4v) is 5.44. The Labute approximate surface area is 138 Å². The van der Waals surface area contributed by atoms with Crippen LogP contribution in [-0.2, 0) is 7.05 Å². The lowest BCUT2D eigenvalue weighted by Gasteiger charge is -2.54. The molecule has 5 heteroatoms. The highest BCUT2D eigenvalue weighted by molar-refractivity contribution is 5.99. The maximum Gasteiger partial charge on any atom is 0.256 e. The van der Waals surface area contributed by atoms with Gasteiger partial charge in [-0.3, -0.25) is 9.48 Å². The molecule has 4 aliphatic rings. The van der Waals surface area contributed by atoms with Gasteiger partial charge in [0, 0.05) is 19.1 Å². The van der Waals surface area contributed by atoms with E-state index in [9.17, 15) is 4.79 Å². The molecule has 126 valence electrons. The van der Waals surface area contributed by atoms with Crippen LogP contribution in [0.3, 0.4) is 0 Å². The monoisotopic (exact) mass is 316 g/mol. The van der Waals surface area contributed by atoms with Crippen LogP contribution < -0.4 is 10.6 Å². The van der Waals surface area contributed by atoms with Crippen molar-refractivity contribution in [2.75, 3.05) is 5.32 Å². The van der Waals surface area contributed by atoms with Crippen LogP contribution in [0.5, 0.6) is 0 Å². The van der Waals surface area contributed by atoms with E-state index in [4.69, 9.17) is 0 Å². The summed E-state index contributed by atoms with van der Waals surface area (Å²) in [4.78, 5) is 12.8.